The van der Waals surface area contributed by atoms with Crippen LogP contribution in [-0.2, 0) is 6.42 Å². The zero-order chi connectivity index (χ0) is 27.6. The first kappa shape index (κ1) is 23.7. The van der Waals surface area contributed by atoms with E-state index in [1.807, 2.05) is 11.3 Å². The Bertz CT molecular complexity index is 2480. The third kappa shape index (κ3) is 3.54. The molecule has 0 saturated heterocycles. The van der Waals surface area contributed by atoms with Crippen molar-refractivity contribution in [3.63, 3.8) is 0 Å². The average Bonchev–Trinajstić information content (AvgIpc) is 3.44. The lowest BCUT2D eigenvalue weighted by molar-refractivity contribution is 1.22. The van der Waals surface area contributed by atoms with Crippen LogP contribution in [0.4, 0.5) is 0 Å². The van der Waals surface area contributed by atoms with Crippen LogP contribution in [0.3, 0.4) is 0 Å². The lowest BCUT2D eigenvalue weighted by Gasteiger charge is -2.16. The second-order valence-corrected chi connectivity index (χ2v) is 12.3. The maximum Gasteiger partial charge on any atom is 0.0358 e. The van der Waals surface area contributed by atoms with Crippen LogP contribution in [0.15, 0.2) is 146 Å². The molecule has 0 amide bonds. The van der Waals surface area contributed by atoms with Crippen molar-refractivity contribution in [3.8, 4) is 11.1 Å². The molecule has 0 aliphatic carbocycles. The molecule has 1 heterocycles. The molecule has 0 fully saturated rings. The Labute approximate surface area is 248 Å². The maximum atomic E-state index is 2.43. The fraction of sp³-hybridized carbons (Fsp3) is 0.0244. The number of thiophene rings is 1. The number of fused-ring (bicyclic) bond motifs is 11. The van der Waals surface area contributed by atoms with Crippen molar-refractivity contribution in [2.24, 2.45) is 0 Å². The molecule has 0 atom stereocenters. The van der Waals surface area contributed by atoms with Gasteiger partial charge in [0.05, 0.1) is 0 Å². The first-order chi connectivity index (χ1) is 20.8. The van der Waals surface area contributed by atoms with Crippen molar-refractivity contribution in [1.29, 1.82) is 0 Å². The van der Waals surface area contributed by atoms with Gasteiger partial charge < -0.3 is 0 Å². The maximum absolute atomic E-state index is 2.43. The van der Waals surface area contributed by atoms with Gasteiger partial charge in [-0.1, -0.05) is 127 Å². The van der Waals surface area contributed by atoms with E-state index in [2.05, 4.69) is 146 Å². The van der Waals surface area contributed by atoms with Gasteiger partial charge in [0.25, 0.3) is 0 Å². The number of rotatable bonds is 3. The molecule has 0 unspecified atom stereocenters. The fourth-order valence-electron chi connectivity index (χ4n) is 7.02. The van der Waals surface area contributed by atoms with E-state index < -0.39 is 0 Å². The number of hydrogen-bond acceptors (Lipinski definition) is 1. The van der Waals surface area contributed by atoms with Gasteiger partial charge in [-0.2, -0.15) is 0 Å². The molecule has 0 radical (unpaired) electrons. The molecule has 0 bridgehead atoms. The van der Waals surface area contributed by atoms with E-state index in [1.165, 1.54) is 85.5 Å². The van der Waals surface area contributed by atoms with E-state index in [4.69, 9.17) is 0 Å². The van der Waals surface area contributed by atoms with Gasteiger partial charge in [-0.15, -0.1) is 11.3 Å². The van der Waals surface area contributed by atoms with Crippen LogP contribution in [0.25, 0.3) is 74.4 Å². The van der Waals surface area contributed by atoms with Gasteiger partial charge in [-0.3, -0.25) is 0 Å². The predicted molar refractivity (Wildman–Crippen MR) is 184 cm³/mol. The molecule has 0 aliphatic heterocycles. The van der Waals surface area contributed by atoms with Gasteiger partial charge in [0, 0.05) is 20.2 Å². The summed E-state index contributed by atoms with van der Waals surface area (Å²) < 4.78 is 2.73. The molecule has 0 N–H and O–H groups in total. The zero-order valence-corrected chi connectivity index (χ0v) is 23.8. The summed E-state index contributed by atoms with van der Waals surface area (Å²) in [4.78, 5) is 0. The standard InChI is InChI=1S/C41H26S/c1-2-13-31-29(11-1)30-12-3-5-15-33(30)41-34-16-6-4-14-32(34)36(25-37(31)41)27-22-20-26(21-23-27)24-28-10-9-19-39-40(28)35-17-7-8-18-38(35)42-39/h1-23,25H,24H2. The Kier molecular flexibility index (Phi) is 5.23. The van der Waals surface area contributed by atoms with Crippen molar-refractivity contribution in [1.82, 2.24) is 0 Å². The van der Waals surface area contributed by atoms with Crippen molar-refractivity contribution in [3.05, 3.63) is 157 Å². The third-order valence-corrected chi connectivity index (χ3v) is 10.0. The van der Waals surface area contributed by atoms with Crippen molar-refractivity contribution in [2.45, 2.75) is 6.42 Å². The minimum absolute atomic E-state index is 0.924. The Morgan fingerprint density at radius 2 is 0.929 bits per heavy atom. The number of hydrogen-bond donors (Lipinski definition) is 0. The van der Waals surface area contributed by atoms with Crippen LogP contribution in [0, 0.1) is 0 Å². The van der Waals surface area contributed by atoms with Gasteiger partial charge in [0.15, 0.2) is 0 Å². The molecule has 1 heteroatoms. The van der Waals surface area contributed by atoms with E-state index in [0.29, 0.717) is 0 Å². The van der Waals surface area contributed by atoms with Gasteiger partial charge in [-0.25, -0.2) is 0 Å². The lowest BCUT2D eigenvalue weighted by atomic mass is 9.87. The van der Waals surface area contributed by atoms with E-state index in [1.54, 1.807) is 0 Å². The van der Waals surface area contributed by atoms with Gasteiger partial charge in [-0.05, 0) is 90.0 Å². The summed E-state index contributed by atoms with van der Waals surface area (Å²) in [7, 11) is 0. The second kappa shape index (κ2) is 9.27. The Balaban J connectivity index is 1.22. The first-order valence-corrected chi connectivity index (χ1v) is 15.4. The Morgan fingerprint density at radius 3 is 1.67 bits per heavy atom. The summed E-state index contributed by atoms with van der Waals surface area (Å²) >= 11 is 1.89. The molecule has 9 rings (SSSR count). The van der Waals surface area contributed by atoms with E-state index >= 15 is 0 Å². The lowest BCUT2D eigenvalue weighted by Crippen LogP contribution is -1.91. The summed E-state index contributed by atoms with van der Waals surface area (Å²) in [6, 6.07) is 53.9. The van der Waals surface area contributed by atoms with E-state index in [0.717, 1.165) is 6.42 Å². The summed E-state index contributed by atoms with van der Waals surface area (Å²) in [5.41, 5.74) is 5.28. The molecule has 8 aromatic carbocycles. The molecular weight excluding hydrogens is 525 g/mol. The molecule has 1 aromatic heterocycles. The van der Waals surface area contributed by atoms with E-state index in [9.17, 15) is 0 Å². The highest BCUT2D eigenvalue weighted by Gasteiger charge is 2.15. The van der Waals surface area contributed by atoms with E-state index in [-0.39, 0.29) is 0 Å². The molecule has 0 spiro atoms. The Hall–Kier alpha value is -4.98. The fourth-order valence-corrected chi connectivity index (χ4v) is 8.18. The number of benzene rings is 8. The first-order valence-electron chi connectivity index (χ1n) is 14.6. The summed E-state index contributed by atoms with van der Waals surface area (Å²) in [6.07, 6.45) is 0.924. The highest BCUT2D eigenvalue weighted by molar-refractivity contribution is 7.25. The average molecular weight is 551 g/mol. The van der Waals surface area contributed by atoms with Crippen LogP contribution in [0.1, 0.15) is 11.1 Å². The van der Waals surface area contributed by atoms with Crippen molar-refractivity contribution < 1.29 is 0 Å². The van der Waals surface area contributed by atoms with Gasteiger partial charge in [0.2, 0.25) is 0 Å². The molecule has 42 heavy (non-hydrogen) atoms. The van der Waals surface area contributed by atoms with Gasteiger partial charge in [0.1, 0.15) is 0 Å². The molecule has 0 nitrogen and oxygen atoms in total. The monoisotopic (exact) mass is 550 g/mol. The van der Waals surface area contributed by atoms with Gasteiger partial charge >= 0.3 is 0 Å². The SMILES string of the molecule is c1ccc2c(c1)sc1cccc(Cc3ccc(-c4cc5c6ccccc6c6ccccc6c5c5ccccc45)cc3)c12. The molecular formula is C41H26S. The van der Waals surface area contributed by atoms with Crippen LogP contribution in [0.2, 0.25) is 0 Å². The minimum atomic E-state index is 0.924. The summed E-state index contributed by atoms with van der Waals surface area (Å²) in [6.45, 7) is 0. The molecule has 0 aliphatic rings. The zero-order valence-electron chi connectivity index (χ0n) is 23.0. The third-order valence-electron chi connectivity index (χ3n) is 8.90. The molecule has 9 aromatic rings. The minimum Gasteiger partial charge on any atom is -0.135 e. The van der Waals surface area contributed by atoms with Crippen LogP contribution < -0.4 is 0 Å². The van der Waals surface area contributed by atoms with Crippen LogP contribution in [-0.4, -0.2) is 0 Å². The summed E-state index contributed by atoms with van der Waals surface area (Å²) in [5, 5.41) is 13.3. The second-order valence-electron chi connectivity index (χ2n) is 11.2. The van der Waals surface area contributed by atoms with Crippen LogP contribution in [0.5, 0.6) is 0 Å². The van der Waals surface area contributed by atoms with Crippen molar-refractivity contribution >= 4 is 74.6 Å². The van der Waals surface area contributed by atoms with Crippen molar-refractivity contribution in [2.75, 3.05) is 0 Å². The highest BCUT2D eigenvalue weighted by atomic mass is 32.1. The van der Waals surface area contributed by atoms with Crippen LogP contribution >= 0.6 is 11.3 Å². The normalized spacial score (nSPS) is 11.9. The topological polar surface area (TPSA) is 0 Å². The smallest absolute Gasteiger partial charge is 0.0358 e. The largest absolute Gasteiger partial charge is 0.135 e. The highest BCUT2D eigenvalue weighted by Crippen LogP contribution is 2.43. The predicted octanol–water partition coefficient (Wildman–Crippen LogP) is 11.9. The molecule has 196 valence electrons. The summed E-state index contributed by atoms with van der Waals surface area (Å²) in [5.74, 6) is 0. The quantitative estimate of drug-likeness (QED) is 0.192. The molecule has 0 saturated carbocycles. The Morgan fingerprint density at radius 1 is 0.381 bits per heavy atom.